The van der Waals surface area contributed by atoms with Crippen molar-refractivity contribution < 1.29 is 9.72 Å². The van der Waals surface area contributed by atoms with Crippen molar-refractivity contribution in [3.63, 3.8) is 0 Å². The summed E-state index contributed by atoms with van der Waals surface area (Å²) in [6, 6.07) is 4.46. The maximum atomic E-state index is 12.2. The number of carbonyl (C=O) groups is 1. The average Bonchev–Trinajstić information content (AvgIpc) is 2.43. The van der Waals surface area contributed by atoms with Gasteiger partial charge in [-0.1, -0.05) is 26.8 Å². The van der Waals surface area contributed by atoms with Crippen molar-refractivity contribution in [2.75, 3.05) is 18.9 Å². The molecule has 0 heterocycles. The second-order valence-corrected chi connectivity index (χ2v) is 5.41. The predicted octanol–water partition coefficient (Wildman–Crippen LogP) is 2.80. The number of rotatable bonds is 6. The van der Waals surface area contributed by atoms with Crippen LogP contribution in [-0.2, 0) is 0 Å². The third-order valence-electron chi connectivity index (χ3n) is 3.42. The zero-order valence-electron chi connectivity index (χ0n) is 12.3. The molecule has 20 heavy (non-hydrogen) atoms. The number of nitro benzene ring substituents is 1. The molecule has 0 aliphatic carbocycles. The first kappa shape index (κ1) is 15.9. The van der Waals surface area contributed by atoms with Crippen LogP contribution in [0.1, 0.15) is 37.6 Å². The Morgan fingerprint density at radius 1 is 1.40 bits per heavy atom. The van der Waals surface area contributed by atoms with E-state index in [-0.39, 0.29) is 28.3 Å². The molecule has 0 fully saturated rings. The van der Waals surface area contributed by atoms with Crippen molar-refractivity contribution in [1.82, 2.24) is 5.32 Å². The van der Waals surface area contributed by atoms with Crippen LogP contribution in [0.4, 0.5) is 11.4 Å². The largest absolute Gasteiger partial charge is 0.382 e. The van der Waals surface area contributed by atoms with Gasteiger partial charge in [0.05, 0.1) is 10.5 Å². The summed E-state index contributed by atoms with van der Waals surface area (Å²) < 4.78 is 0. The molecule has 0 aliphatic rings. The quantitative estimate of drug-likeness (QED) is 0.619. The number of hydrogen-bond acceptors (Lipinski definition) is 4. The molecule has 0 spiro atoms. The van der Waals surface area contributed by atoms with Crippen LogP contribution in [0, 0.1) is 15.5 Å². The number of benzene rings is 1. The van der Waals surface area contributed by atoms with Crippen LogP contribution < -0.4 is 10.6 Å². The highest BCUT2D eigenvalue weighted by molar-refractivity contribution is 6.01. The molecule has 6 heteroatoms. The van der Waals surface area contributed by atoms with E-state index in [1.165, 1.54) is 12.1 Å². The Balaban J connectivity index is 2.99. The van der Waals surface area contributed by atoms with Crippen LogP contribution in [0.15, 0.2) is 18.2 Å². The molecule has 1 aromatic carbocycles. The van der Waals surface area contributed by atoms with Gasteiger partial charge < -0.3 is 10.6 Å². The van der Waals surface area contributed by atoms with Crippen LogP contribution in [-0.4, -0.2) is 24.4 Å². The standard InChI is InChI=1S/C14H21N3O3/c1-5-14(2,3)9-16-13(18)10-7-6-8-11(17(19)20)12(10)15-4/h6-8,15H,5,9H2,1-4H3,(H,16,18). The maximum Gasteiger partial charge on any atom is 0.293 e. The van der Waals surface area contributed by atoms with Crippen molar-refractivity contribution in [3.8, 4) is 0 Å². The first-order valence-electron chi connectivity index (χ1n) is 6.55. The summed E-state index contributed by atoms with van der Waals surface area (Å²) in [5, 5.41) is 16.5. The zero-order valence-corrected chi connectivity index (χ0v) is 12.3. The third kappa shape index (κ3) is 3.69. The average molecular weight is 279 g/mol. The molecule has 1 rings (SSSR count). The SMILES string of the molecule is CCC(C)(C)CNC(=O)c1cccc([N+](=O)[O-])c1NC. The van der Waals surface area contributed by atoms with Crippen molar-refractivity contribution in [3.05, 3.63) is 33.9 Å². The van der Waals surface area contributed by atoms with Crippen molar-refractivity contribution in [1.29, 1.82) is 0 Å². The molecule has 2 N–H and O–H groups in total. The van der Waals surface area contributed by atoms with E-state index in [1.54, 1.807) is 13.1 Å². The number of amides is 1. The van der Waals surface area contributed by atoms with Crippen molar-refractivity contribution >= 4 is 17.3 Å². The van der Waals surface area contributed by atoms with Gasteiger partial charge in [0, 0.05) is 19.7 Å². The molecule has 0 saturated heterocycles. The van der Waals surface area contributed by atoms with Gasteiger partial charge in [-0.2, -0.15) is 0 Å². The molecule has 1 aromatic rings. The lowest BCUT2D eigenvalue weighted by Crippen LogP contribution is -2.34. The molecule has 0 saturated carbocycles. The topological polar surface area (TPSA) is 84.3 Å². The van der Waals surface area contributed by atoms with Gasteiger partial charge in [0.15, 0.2) is 0 Å². The lowest BCUT2D eigenvalue weighted by molar-refractivity contribution is -0.384. The highest BCUT2D eigenvalue weighted by atomic mass is 16.6. The fraction of sp³-hybridized carbons (Fsp3) is 0.500. The first-order chi connectivity index (χ1) is 9.32. The normalized spacial score (nSPS) is 11.0. The van der Waals surface area contributed by atoms with E-state index in [0.717, 1.165) is 6.42 Å². The Bertz CT molecular complexity index is 512. The highest BCUT2D eigenvalue weighted by Crippen LogP contribution is 2.28. The Morgan fingerprint density at radius 3 is 2.55 bits per heavy atom. The van der Waals surface area contributed by atoms with Gasteiger partial charge in [0.25, 0.3) is 11.6 Å². The smallest absolute Gasteiger partial charge is 0.293 e. The van der Waals surface area contributed by atoms with Gasteiger partial charge in [-0.15, -0.1) is 0 Å². The lowest BCUT2D eigenvalue weighted by atomic mass is 9.90. The van der Waals surface area contributed by atoms with E-state index >= 15 is 0 Å². The zero-order chi connectivity index (χ0) is 15.3. The molecule has 6 nitrogen and oxygen atoms in total. The molecule has 110 valence electrons. The lowest BCUT2D eigenvalue weighted by Gasteiger charge is -2.23. The predicted molar refractivity (Wildman–Crippen MR) is 79.0 cm³/mol. The van der Waals surface area contributed by atoms with E-state index in [1.807, 2.05) is 0 Å². The summed E-state index contributed by atoms with van der Waals surface area (Å²) in [5.74, 6) is -0.306. The second kappa shape index (κ2) is 6.36. The van der Waals surface area contributed by atoms with E-state index in [2.05, 4.69) is 31.4 Å². The second-order valence-electron chi connectivity index (χ2n) is 5.41. The van der Waals surface area contributed by atoms with Crippen LogP contribution in [0.25, 0.3) is 0 Å². The van der Waals surface area contributed by atoms with Crippen LogP contribution in [0.5, 0.6) is 0 Å². The Kier molecular flexibility index (Phi) is 5.07. The van der Waals surface area contributed by atoms with E-state index < -0.39 is 4.92 Å². The summed E-state index contributed by atoms with van der Waals surface area (Å²) in [6.07, 6.45) is 0.932. The number of hydrogen-bond donors (Lipinski definition) is 2. The number of para-hydroxylation sites is 1. The van der Waals surface area contributed by atoms with E-state index in [0.29, 0.717) is 6.54 Å². The van der Waals surface area contributed by atoms with E-state index in [9.17, 15) is 14.9 Å². The molecule has 0 radical (unpaired) electrons. The molecule has 0 atom stereocenters. The number of nitrogens with one attached hydrogen (secondary N) is 2. The van der Waals surface area contributed by atoms with Gasteiger partial charge in [-0.3, -0.25) is 14.9 Å². The van der Waals surface area contributed by atoms with Crippen LogP contribution in [0.2, 0.25) is 0 Å². The van der Waals surface area contributed by atoms with Gasteiger partial charge in [-0.05, 0) is 17.9 Å². The molecule has 0 aliphatic heterocycles. The molecular weight excluding hydrogens is 258 g/mol. The molecular formula is C14H21N3O3. The summed E-state index contributed by atoms with van der Waals surface area (Å²) >= 11 is 0. The van der Waals surface area contributed by atoms with Gasteiger partial charge in [-0.25, -0.2) is 0 Å². The van der Waals surface area contributed by atoms with Gasteiger partial charge >= 0.3 is 0 Å². The van der Waals surface area contributed by atoms with E-state index in [4.69, 9.17) is 0 Å². The third-order valence-corrected chi connectivity index (χ3v) is 3.42. The fourth-order valence-corrected chi connectivity index (χ4v) is 1.68. The summed E-state index contributed by atoms with van der Waals surface area (Å²) in [7, 11) is 1.56. The van der Waals surface area contributed by atoms with Crippen LogP contribution >= 0.6 is 0 Å². The molecule has 0 unspecified atom stereocenters. The number of nitrogens with zero attached hydrogens (tertiary/aromatic N) is 1. The highest BCUT2D eigenvalue weighted by Gasteiger charge is 2.22. The summed E-state index contributed by atoms with van der Waals surface area (Å²) in [5.41, 5.74) is 0.420. The number of nitro groups is 1. The number of carbonyl (C=O) groups excluding carboxylic acids is 1. The monoisotopic (exact) mass is 279 g/mol. The Hall–Kier alpha value is -2.11. The van der Waals surface area contributed by atoms with Crippen LogP contribution in [0.3, 0.4) is 0 Å². The Labute approximate surface area is 118 Å². The fourth-order valence-electron chi connectivity index (χ4n) is 1.68. The van der Waals surface area contributed by atoms with Gasteiger partial charge in [0.2, 0.25) is 0 Å². The first-order valence-corrected chi connectivity index (χ1v) is 6.55. The summed E-state index contributed by atoms with van der Waals surface area (Å²) in [6.45, 7) is 6.69. The molecule has 0 bridgehead atoms. The minimum atomic E-state index is -0.501. The summed E-state index contributed by atoms with van der Waals surface area (Å²) in [4.78, 5) is 22.6. The maximum absolute atomic E-state index is 12.2. The van der Waals surface area contributed by atoms with Crippen molar-refractivity contribution in [2.45, 2.75) is 27.2 Å². The van der Waals surface area contributed by atoms with Crippen molar-refractivity contribution in [2.24, 2.45) is 5.41 Å². The minimum Gasteiger partial charge on any atom is -0.382 e. The molecule has 0 aromatic heterocycles. The number of anilines is 1. The minimum absolute atomic E-state index is 0.00379. The Morgan fingerprint density at radius 2 is 2.05 bits per heavy atom. The van der Waals surface area contributed by atoms with Gasteiger partial charge in [0.1, 0.15) is 5.69 Å². The molecule has 1 amide bonds.